The minimum atomic E-state index is -5.18. The van der Waals surface area contributed by atoms with Crippen molar-refractivity contribution in [1.82, 2.24) is 0 Å². The molecule has 0 atom stereocenters. The van der Waals surface area contributed by atoms with Crippen LogP contribution in [0.4, 0.5) is 40.3 Å². The van der Waals surface area contributed by atoms with E-state index >= 15 is 0 Å². The summed E-state index contributed by atoms with van der Waals surface area (Å²) in [5, 5.41) is 21.7. The number of halogens is 6. The fourth-order valence-corrected chi connectivity index (χ4v) is 3.36. The first kappa shape index (κ1) is 22.6. The van der Waals surface area contributed by atoms with Crippen molar-refractivity contribution < 1.29 is 27.4 Å². The molecule has 0 spiro atoms. The first-order chi connectivity index (χ1) is 13.4. The second kappa shape index (κ2) is 8.37. The lowest BCUT2D eigenvalue weighted by Gasteiger charge is -2.28. The predicted molar refractivity (Wildman–Crippen MR) is 98.5 cm³/mol. The number of alkyl halides is 3. The zero-order chi connectivity index (χ0) is 22.1. The highest BCUT2D eigenvalue weighted by Crippen LogP contribution is 2.49. The molecule has 7 nitrogen and oxygen atoms in total. The maximum Gasteiger partial charge on any atom is 0.418 e. The van der Waals surface area contributed by atoms with Crippen LogP contribution in [0.1, 0.15) is 18.9 Å². The first-order valence-electron chi connectivity index (χ1n) is 7.84. The largest absolute Gasteiger partial charge is 0.418 e. The quantitative estimate of drug-likeness (QED) is 0.281. The predicted octanol–water partition coefficient (Wildman–Crippen LogP) is 6.52. The Kier molecular flexibility index (Phi) is 6.53. The van der Waals surface area contributed by atoms with Crippen LogP contribution in [0.15, 0.2) is 24.3 Å². The van der Waals surface area contributed by atoms with Crippen molar-refractivity contribution in [2.75, 3.05) is 11.4 Å². The van der Waals surface area contributed by atoms with Gasteiger partial charge in [-0.2, -0.15) is 13.2 Å². The van der Waals surface area contributed by atoms with Crippen molar-refractivity contribution in [3.05, 3.63) is 65.9 Å². The topological polar surface area (TPSA) is 89.5 Å². The molecule has 0 amide bonds. The third-order valence-corrected chi connectivity index (χ3v) is 4.33. The molecule has 13 heteroatoms. The Morgan fingerprint density at radius 1 is 1.00 bits per heavy atom. The van der Waals surface area contributed by atoms with E-state index in [1.165, 1.54) is 0 Å². The van der Waals surface area contributed by atoms with Crippen LogP contribution >= 0.6 is 23.2 Å². The molecule has 0 radical (unpaired) electrons. The number of nitro groups is 2. The van der Waals surface area contributed by atoms with Gasteiger partial charge in [0.05, 0.1) is 37.2 Å². The summed E-state index contributed by atoms with van der Waals surface area (Å²) < 4.78 is 54.7. The number of nitro benzene ring substituents is 2. The summed E-state index contributed by atoms with van der Waals surface area (Å²) in [4.78, 5) is 21.0. The maximum absolute atomic E-state index is 13.7. The Morgan fingerprint density at radius 2 is 1.55 bits per heavy atom. The van der Waals surface area contributed by atoms with Crippen LogP contribution in [-0.4, -0.2) is 16.4 Å². The van der Waals surface area contributed by atoms with E-state index in [-0.39, 0.29) is 34.8 Å². The van der Waals surface area contributed by atoms with Crippen molar-refractivity contribution in [3.8, 4) is 0 Å². The summed E-state index contributed by atoms with van der Waals surface area (Å²) in [7, 11) is 0. The molecule has 0 unspecified atom stereocenters. The summed E-state index contributed by atoms with van der Waals surface area (Å²) in [5.41, 5.74) is -5.18. The van der Waals surface area contributed by atoms with Gasteiger partial charge >= 0.3 is 6.18 Å². The smallest absolute Gasteiger partial charge is 0.333 e. The van der Waals surface area contributed by atoms with Gasteiger partial charge < -0.3 is 4.90 Å². The second-order valence-electron chi connectivity index (χ2n) is 5.74. The van der Waals surface area contributed by atoms with Crippen molar-refractivity contribution >= 4 is 46.0 Å². The van der Waals surface area contributed by atoms with E-state index < -0.39 is 44.5 Å². The Labute approximate surface area is 170 Å². The van der Waals surface area contributed by atoms with Crippen molar-refractivity contribution in [3.63, 3.8) is 0 Å². The van der Waals surface area contributed by atoms with Gasteiger partial charge in [-0.25, -0.2) is 4.39 Å². The summed E-state index contributed by atoms with van der Waals surface area (Å²) in [6.07, 6.45) is -4.99. The molecule has 29 heavy (non-hydrogen) atoms. The fraction of sp³-hybridized carbons (Fsp3) is 0.250. The van der Waals surface area contributed by atoms with Crippen LogP contribution in [0.25, 0.3) is 0 Å². The van der Waals surface area contributed by atoms with E-state index in [2.05, 4.69) is 0 Å². The lowest BCUT2D eigenvalue weighted by molar-refractivity contribution is -0.394. The van der Waals surface area contributed by atoms with Gasteiger partial charge in [-0.05, 0) is 18.6 Å². The standard InChI is InChI=1S/C16H11Cl2F4N3O4/c1-2-3-23(15-11(17)4-8(19)5-12(15)18)14-10(16(20,21)22)6-9(24(26)27)7-13(14)25(28)29/h4-7H,2-3H2,1H3. The Bertz CT molecular complexity index is 962. The molecule has 0 saturated carbocycles. The lowest BCUT2D eigenvalue weighted by atomic mass is 10.1. The van der Waals surface area contributed by atoms with Crippen LogP contribution in [0.3, 0.4) is 0 Å². The van der Waals surface area contributed by atoms with Gasteiger partial charge in [-0.15, -0.1) is 0 Å². The Balaban J connectivity index is 2.98. The summed E-state index contributed by atoms with van der Waals surface area (Å²) in [6.45, 7) is 1.34. The normalized spacial score (nSPS) is 11.4. The second-order valence-corrected chi connectivity index (χ2v) is 6.56. The fourth-order valence-electron chi connectivity index (χ4n) is 2.70. The van der Waals surface area contributed by atoms with Gasteiger partial charge in [0.15, 0.2) is 0 Å². The average molecular weight is 456 g/mol. The zero-order valence-electron chi connectivity index (χ0n) is 14.5. The third kappa shape index (κ3) is 4.67. The molecule has 0 aromatic heterocycles. The number of anilines is 2. The molecule has 0 fully saturated rings. The maximum atomic E-state index is 13.7. The number of hydrogen-bond donors (Lipinski definition) is 0. The average Bonchev–Trinajstić information content (AvgIpc) is 2.58. The molecule has 0 N–H and O–H groups in total. The van der Waals surface area contributed by atoms with Gasteiger partial charge in [0, 0.05) is 12.6 Å². The summed E-state index contributed by atoms with van der Waals surface area (Å²) >= 11 is 11.9. The summed E-state index contributed by atoms with van der Waals surface area (Å²) in [5.74, 6) is -0.866. The van der Waals surface area contributed by atoms with Crippen LogP contribution in [0.2, 0.25) is 10.0 Å². The molecule has 0 aliphatic rings. The molecule has 0 saturated heterocycles. The van der Waals surface area contributed by atoms with Crippen molar-refractivity contribution in [2.45, 2.75) is 19.5 Å². The highest BCUT2D eigenvalue weighted by Gasteiger charge is 2.42. The third-order valence-electron chi connectivity index (χ3n) is 3.76. The van der Waals surface area contributed by atoms with Crippen molar-refractivity contribution in [2.24, 2.45) is 0 Å². The Hall–Kier alpha value is -2.66. The van der Waals surface area contributed by atoms with Gasteiger partial charge in [-0.3, -0.25) is 20.2 Å². The molecule has 2 aromatic carbocycles. The highest BCUT2D eigenvalue weighted by molar-refractivity contribution is 6.39. The lowest BCUT2D eigenvalue weighted by Crippen LogP contribution is -2.24. The van der Waals surface area contributed by atoms with E-state index in [0.29, 0.717) is 6.07 Å². The molecule has 0 heterocycles. The molecule has 0 bridgehead atoms. The van der Waals surface area contributed by atoms with E-state index in [9.17, 15) is 37.8 Å². The van der Waals surface area contributed by atoms with Crippen LogP contribution in [0.5, 0.6) is 0 Å². The Morgan fingerprint density at radius 3 is 1.97 bits per heavy atom. The number of rotatable bonds is 6. The van der Waals surface area contributed by atoms with Gasteiger partial charge in [0.2, 0.25) is 0 Å². The SMILES string of the molecule is CCCN(c1c(Cl)cc(F)cc1Cl)c1c([N+](=O)[O-])cc([N+](=O)[O-])cc1C(F)(F)F. The molecule has 0 aliphatic carbocycles. The molecular formula is C16H11Cl2F4N3O4. The summed E-state index contributed by atoms with van der Waals surface area (Å²) in [6, 6.07) is 2.18. The molecule has 0 aliphatic heterocycles. The molecule has 2 aromatic rings. The number of benzene rings is 2. The van der Waals surface area contributed by atoms with Gasteiger partial charge in [-0.1, -0.05) is 30.1 Å². The number of non-ortho nitro benzene ring substituents is 1. The van der Waals surface area contributed by atoms with E-state index in [1.807, 2.05) is 0 Å². The van der Waals surface area contributed by atoms with Gasteiger partial charge in [0.25, 0.3) is 11.4 Å². The minimum Gasteiger partial charge on any atom is -0.333 e. The minimum absolute atomic E-state index is 0.190. The van der Waals surface area contributed by atoms with E-state index in [0.717, 1.165) is 17.0 Å². The monoisotopic (exact) mass is 455 g/mol. The zero-order valence-corrected chi connectivity index (χ0v) is 16.0. The molecule has 156 valence electrons. The van der Waals surface area contributed by atoms with Crippen LogP contribution in [-0.2, 0) is 6.18 Å². The molecular weight excluding hydrogens is 445 g/mol. The van der Waals surface area contributed by atoms with Crippen molar-refractivity contribution in [1.29, 1.82) is 0 Å². The van der Waals surface area contributed by atoms with Crippen LogP contribution < -0.4 is 4.90 Å². The van der Waals surface area contributed by atoms with Gasteiger partial charge in [0.1, 0.15) is 11.5 Å². The van der Waals surface area contributed by atoms with E-state index in [4.69, 9.17) is 23.2 Å². The van der Waals surface area contributed by atoms with Crippen LogP contribution in [0, 0.1) is 26.0 Å². The van der Waals surface area contributed by atoms with E-state index in [1.54, 1.807) is 6.92 Å². The highest BCUT2D eigenvalue weighted by atomic mass is 35.5. The molecule has 2 rings (SSSR count). The number of nitrogens with zero attached hydrogens (tertiary/aromatic N) is 3. The number of hydrogen-bond acceptors (Lipinski definition) is 5. The first-order valence-corrected chi connectivity index (χ1v) is 8.60.